The first-order valence-electron chi connectivity index (χ1n) is 11.0. The third-order valence-electron chi connectivity index (χ3n) is 5.82. The van der Waals surface area contributed by atoms with Crippen molar-refractivity contribution in [3.05, 3.63) is 47.7 Å². The van der Waals surface area contributed by atoms with Gasteiger partial charge in [0, 0.05) is 17.5 Å². The molecule has 1 heterocycles. The van der Waals surface area contributed by atoms with Crippen LogP contribution in [0.4, 0.5) is 5.69 Å². The molecule has 0 spiro atoms. The van der Waals surface area contributed by atoms with Gasteiger partial charge in [0.1, 0.15) is 11.5 Å². The lowest BCUT2D eigenvalue weighted by molar-refractivity contribution is -0.404. The zero-order valence-electron chi connectivity index (χ0n) is 20.1. The summed E-state index contributed by atoms with van der Waals surface area (Å²) in [6, 6.07) is 9.19. The summed E-state index contributed by atoms with van der Waals surface area (Å²) in [6.45, 7) is 4.66. The Morgan fingerprint density at radius 2 is 1.85 bits per heavy atom. The molecule has 1 aromatic heterocycles. The molecule has 34 heavy (non-hydrogen) atoms. The molecule has 8 nitrogen and oxygen atoms in total. The van der Waals surface area contributed by atoms with Gasteiger partial charge in [-0.15, -0.1) is 0 Å². The van der Waals surface area contributed by atoms with E-state index in [9.17, 15) is 4.79 Å². The van der Waals surface area contributed by atoms with Crippen LogP contribution in [0.3, 0.4) is 0 Å². The van der Waals surface area contributed by atoms with E-state index < -0.39 is 0 Å². The van der Waals surface area contributed by atoms with Crippen LogP contribution in [-0.4, -0.2) is 37.9 Å². The Bertz CT molecular complexity index is 1120. The predicted molar refractivity (Wildman–Crippen MR) is 128 cm³/mol. The summed E-state index contributed by atoms with van der Waals surface area (Å²) >= 11 is 0. The fraction of sp³-hybridized carbons (Fsp3) is 0.360. The topological polar surface area (TPSA) is 127 Å². The maximum Gasteiger partial charge on any atom is 0.282 e. The van der Waals surface area contributed by atoms with Crippen molar-refractivity contribution in [3.8, 4) is 33.9 Å². The molecule has 184 valence electrons. The summed E-state index contributed by atoms with van der Waals surface area (Å²) in [6.07, 6.45) is 4.08. The van der Waals surface area contributed by atoms with E-state index in [0.717, 1.165) is 46.4 Å². The monoisotopic (exact) mass is 488 g/mol. The number of quaternary nitrogens is 1. The number of rotatable bonds is 10. The third kappa shape index (κ3) is 6.08. The molecule has 1 atom stereocenters. The van der Waals surface area contributed by atoms with Crippen molar-refractivity contribution in [2.24, 2.45) is 5.73 Å². The van der Waals surface area contributed by atoms with Crippen molar-refractivity contribution in [2.75, 3.05) is 26.1 Å². The number of hydrogen-bond acceptors (Lipinski definition) is 6. The zero-order valence-corrected chi connectivity index (χ0v) is 20.9. The molecular formula is C25H33ClN4O4. The molecule has 0 aliphatic heterocycles. The van der Waals surface area contributed by atoms with E-state index in [1.165, 1.54) is 0 Å². The lowest BCUT2D eigenvalue weighted by Crippen LogP contribution is -3.00. The van der Waals surface area contributed by atoms with Crippen LogP contribution in [0.5, 0.6) is 11.5 Å². The maximum absolute atomic E-state index is 12.7. The van der Waals surface area contributed by atoms with Crippen LogP contribution in [0.25, 0.3) is 22.5 Å². The fourth-order valence-electron chi connectivity index (χ4n) is 3.70. The van der Waals surface area contributed by atoms with E-state index in [4.69, 9.17) is 19.7 Å². The van der Waals surface area contributed by atoms with Crippen molar-refractivity contribution in [1.29, 1.82) is 0 Å². The first-order valence-corrected chi connectivity index (χ1v) is 11.0. The molecule has 0 aliphatic rings. The van der Waals surface area contributed by atoms with Crippen LogP contribution in [0, 0.1) is 13.8 Å². The van der Waals surface area contributed by atoms with Gasteiger partial charge in [-0.3, -0.25) is 4.79 Å². The minimum absolute atomic E-state index is 0. The molecule has 1 unspecified atom stereocenters. The number of hydrogen-bond donors (Lipinski definition) is 3. The van der Waals surface area contributed by atoms with Gasteiger partial charge in [-0.1, -0.05) is 11.2 Å². The molecule has 3 aromatic rings. The summed E-state index contributed by atoms with van der Waals surface area (Å²) < 4.78 is 16.6. The summed E-state index contributed by atoms with van der Waals surface area (Å²) in [5.74, 6) is 1.81. The van der Waals surface area contributed by atoms with Crippen molar-refractivity contribution >= 4 is 11.6 Å². The van der Waals surface area contributed by atoms with Crippen LogP contribution in [0.2, 0.25) is 0 Å². The second-order valence-electron chi connectivity index (χ2n) is 8.07. The molecule has 2 aromatic carbocycles. The lowest BCUT2D eigenvalue weighted by Gasteiger charge is -2.14. The first kappa shape index (κ1) is 27.2. The molecule has 0 radical (unpaired) electrons. The van der Waals surface area contributed by atoms with Gasteiger partial charge in [0.15, 0.2) is 11.8 Å². The molecule has 0 bridgehead atoms. The molecule has 6 N–H and O–H groups in total. The molecule has 0 saturated carbocycles. The van der Waals surface area contributed by atoms with Gasteiger partial charge in [0.05, 0.1) is 26.1 Å². The van der Waals surface area contributed by atoms with Gasteiger partial charge in [-0.2, -0.15) is 0 Å². The molecule has 1 amide bonds. The highest BCUT2D eigenvalue weighted by atomic mass is 35.5. The standard InChI is InChI=1S/C25H32N4O4.ClH/c1-15-11-18(13-23(32-4)16(15)2)24-19(14-28-33-24)17-8-9-22(31-3)21(12-17)29-25(30)20(27)7-5-6-10-26;/h8-9,11-14,20H,5-7,10,26-27H2,1-4H3,(H,29,30);1H. The van der Waals surface area contributed by atoms with E-state index >= 15 is 0 Å². The van der Waals surface area contributed by atoms with Gasteiger partial charge in [-0.25, -0.2) is 0 Å². The number of carbonyl (C=O) groups is 1. The Kier molecular flexibility index (Phi) is 9.92. The third-order valence-corrected chi connectivity index (χ3v) is 5.82. The van der Waals surface area contributed by atoms with Crippen LogP contribution < -0.4 is 38.7 Å². The highest BCUT2D eigenvalue weighted by molar-refractivity contribution is 5.96. The molecule has 0 aliphatic carbocycles. The Hall–Kier alpha value is -3.07. The number of aromatic nitrogens is 1. The average molecular weight is 489 g/mol. The number of nitrogens with zero attached hydrogens (tertiary/aromatic N) is 1. The van der Waals surface area contributed by atoms with E-state index in [2.05, 4.69) is 16.2 Å². The summed E-state index contributed by atoms with van der Waals surface area (Å²) in [4.78, 5) is 12.7. The number of anilines is 1. The van der Waals surface area contributed by atoms with Crippen LogP contribution >= 0.6 is 0 Å². The molecule has 9 heteroatoms. The molecular weight excluding hydrogens is 456 g/mol. The van der Waals surface area contributed by atoms with Gasteiger partial charge < -0.3 is 43.2 Å². The number of carbonyl (C=O) groups excluding carboxylic acids is 1. The van der Waals surface area contributed by atoms with E-state index in [1.54, 1.807) is 20.4 Å². The minimum Gasteiger partial charge on any atom is -1.00 e. The summed E-state index contributed by atoms with van der Waals surface area (Å²) in [7, 11) is 3.22. The Labute approximate surface area is 206 Å². The zero-order chi connectivity index (χ0) is 24.0. The number of amides is 1. The number of nitrogens with one attached hydrogen (secondary N) is 1. The van der Waals surface area contributed by atoms with Crippen molar-refractivity contribution < 1.29 is 36.9 Å². The summed E-state index contributed by atoms with van der Waals surface area (Å²) in [5.41, 5.74) is 14.8. The maximum atomic E-state index is 12.7. The molecule has 0 fully saturated rings. The number of nitrogens with two attached hydrogens (primary N) is 1. The number of ether oxygens (including phenoxy) is 2. The highest BCUT2D eigenvalue weighted by Gasteiger charge is 2.21. The second-order valence-corrected chi connectivity index (χ2v) is 8.07. The van der Waals surface area contributed by atoms with Crippen molar-refractivity contribution in [1.82, 2.24) is 5.16 Å². The second kappa shape index (κ2) is 12.4. The lowest BCUT2D eigenvalue weighted by atomic mass is 9.98. The van der Waals surface area contributed by atoms with E-state index in [-0.39, 0.29) is 24.4 Å². The Balaban J connectivity index is 0.00000408. The van der Waals surface area contributed by atoms with Crippen LogP contribution in [0.1, 0.15) is 30.4 Å². The number of unbranched alkanes of at least 4 members (excludes halogenated alkanes) is 1. The molecule has 3 rings (SSSR count). The number of methoxy groups -OCH3 is 2. The smallest absolute Gasteiger partial charge is 0.282 e. The van der Waals surface area contributed by atoms with Crippen molar-refractivity contribution in [3.63, 3.8) is 0 Å². The van der Waals surface area contributed by atoms with Crippen LogP contribution in [0.15, 0.2) is 41.1 Å². The highest BCUT2D eigenvalue weighted by Crippen LogP contribution is 2.38. The number of benzene rings is 2. The van der Waals surface area contributed by atoms with Crippen molar-refractivity contribution in [2.45, 2.75) is 39.2 Å². The van der Waals surface area contributed by atoms with E-state index in [1.807, 2.05) is 44.2 Å². The average Bonchev–Trinajstić information content (AvgIpc) is 3.30. The largest absolute Gasteiger partial charge is 1.00 e. The van der Waals surface area contributed by atoms with Crippen LogP contribution in [-0.2, 0) is 4.79 Å². The van der Waals surface area contributed by atoms with Gasteiger partial charge in [0.25, 0.3) is 5.91 Å². The Morgan fingerprint density at radius 3 is 2.53 bits per heavy atom. The van der Waals surface area contributed by atoms with Gasteiger partial charge in [0.2, 0.25) is 0 Å². The normalized spacial score (nSPS) is 11.5. The number of halogens is 1. The quantitative estimate of drug-likeness (QED) is 0.353. The van der Waals surface area contributed by atoms with E-state index in [0.29, 0.717) is 30.2 Å². The minimum atomic E-state index is -0.376. The molecule has 0 saturated heterocycles. The summed E-state index contributed by atoms with van der Waals surface area (Å²) in [5, 5.41) is 6.99. The van der Waals surface area contributed by atoms with Gasteiger partial charge in [-0.05, 0) is 74.2 Å². The predicted octanol–water partition coefficient (Wildman–Crippen LogP) is 0.325. The first-order chi connectivity index (χ1) is 15.9. The Morgan fingerprint density at radius 1 is 1.12 bits per heavy atom. The SMILES string of the molecule is COc1ccc(-c2cnoc2-c2cc(C)c(C)c(OC)c2)cc1NC(=O)C([NH3+])CCCCN.[Cl-]. The number of aryl methyl sites for hydroxylation is 1. The fourth-order valence-corrected chi connectivity index (χ4v) is 3.70. The van der Waals surface area contributed by atoms with Gasteiger partial charge >= 0.3 is 0 Å².